The SMILES string of the molecule is CC/C=C\C/C=C\C/C=C\C/C=C\C/C=C\C/C=C\C/C=C\C/C=C\C/C=C\C/C=C\C/C=C\CCCCCCCCCC(=O)NC(COP(=O)([O-])OCC[N+](C)(C)C)C(O)/C=C/CCCC. The number of likely N-dealkylation sites (N-methyl/N-ethyl adjacent to an activating group) is 1. The normalized spacial score (nSPS) is 15.3. The van der Waals surface area contributed by atoms with Gasteiger partial charge in [0.15, 0.2) is 0 Å². The molecule has 0 aliphatic rings. The predicted molar refractivity (Wildman–Crippen MR) is 288 cm³/mol. The predicted octanol–water partition coefficient (Wildman–Crippen LogP) is 14.7. The molecule has 0 aromatic carbocycles. The highest BCUT2D eigenvalue weighted by molar-refractivity contribution is 7.45. The molecule has 3 atom stereocenters. The first-order valence-corrected chi connectivity index (χ1v) is 27.2. The van der Waals surface area contributed by atoms with Gasteiger partial charge in [0, 0.05) is 6.42 Å². The highest BCUT2D eigenvalue weighted by atomic mass is 31.2. The molecule has 67 heavy (non-hydrogen) atoms. The second-order valence-corrected chi connectivity index (χ2v) is 19.2. The van der Waals surface area contributed by atoms with Gasteiger partial charge < -0.3 is 28.8 Å². The van der Waals surface area contributed by atoms with Crippen LogP contribution in [0.25, 0.3) is 0 Å². The molecule has 0 fully saturated rings. The maximum Gasteiger partial charge on any atom is 0.268 e. The van der Waals surface area contributed by atoms with Gasteiger partial charge in [0.05, 0.1) is 39.9 Å². The number of unbranched alkanes of at least 4 members (excludes halogenated alkanes) is 9. The van der Waals surface area contributed by atoms with Crippen molar-refractivity contribution in [1.29, 1.82) is 0 Å². The van der Waals surface area contributed by atoms with E-state index in [4.69, 9.17) is 9.05 Å². The van der Waals surface area contributed by atoms with E-state index in [1.807, 2.05) is 27.2 Å². The number of hydrogen-bond acceptors (Lipinski definition) is 6. The van der Waals surface area contributed by atoms with Gasteiger partial charge in [0.25, 0.3) is 7.82 Å². The number of aliphatic hydroxyl groups excluding tert-OH is 1. The number of quaternary nitrogens is 1. The lowest BCUT2D eigenvalue weighted by Crippen LogP contribution is -2.45. The number of nitrogens with zero attached hydrogens (tertiary/aromatic N) is 1. The van der Waals surface area contributed by atoms with E-state index in [-0.39, 0.29) is 12.5 Å². The van der Waals surface area contributed by atoms with Gasteiger partial charge in [-0.3, -0.25) is 9.36 Å². The third kappa shape index (κ3) is 50.1. The van der Waals surface area contributed by atoms with Crippen molar-refractivity contribution in [1.82, 2.24) is 5.32 Å². The zero-order chi connectivity index (χ0) is 49.2. The van der Waals surface area contributed by atoms with E-state index >= 15 is 0 Å². The molecule has 8 nitrogen and oxygen atoms in total. The van der Waals surface area contributed by atoms with E-state index in [1.54, 1.807) is 6.08 Å². The Labute approximate surface area is 410 Å². The lowest BCUT2D eigenvalue weighted by atomic mass is 10.1. The fourth-order valence-electron chi connectivity index (χ4n) is 6.26. The first kappa shape index (κ1) is 63.4. The molecule has 3 unspecified atom stereocenters. The molecule has 0 radical (unpaired) electrons. The van der Waals surface area contributed by atoms with Gasteiger partial charge in [0.2, 0.25) is 5.91 Å². The molecule has 0 aromatic rings. The number of nitrogens with one attached hydrogen (secondary N) is 1. The number of phosphoric acid groups is 1. The van der Waals surface area contributed by atoms with E-state index in [0.29, 0.717) is 17.4 Å². The quantitative estimate of drug-likeness (QED) is 0.0273. The molecule has 0 spiro atoms. The number of phosphoric ester groups is 1. The van der Waals surface area contributed by atoms with E-state index in [0.717, 1.165) is 122 Å². The summed E-state index contributed by atoms with van der Waals surface area (Å²) >= 11 is 0. The van der Waals surface area contributed by atoms with Gasteiger partial charge in [0.1, 0.15) is 13.2 Å². The average Bonchev–Trinajstić information content (AvgIpc) is 3.29. The zero-order valence-corrected chi connectivity index (χ0v) is 43.7. The molecule has 0 saturated carbocycles. The molecule has 1 amide bonds. The first-order chi connectivity index (χ1) is 32.5. The fourth-order valence-corrected chi connectivity index (χ4v) is 6.98. The Morgan fingerprint density at radius 3 is 1.31 bits per heavy atom. The summed E-state index contributed by atoms with van der Waals surface area (Å²) < 4.78 is 22.9. The molecule has 9 heteroatoms. The average molecular weight is 947 g/mol. The van der Waals surface area contributed by atoms with Crippen molar-refractivity contribution in [3.8, 4) is 0 Å². The minimum absolute atomic E-state index is 0.0123. The van der Waals surface area contributed by atoms with Crippen LogP contribution in [0.3, 0.4) is 0 Å². The summed E-state index contributed by atoms with van der Waals surface area (Å²) in [6, 6.07) is -0.898. The molecular formula is C58H95N2O6P. The van der Waals surface area contributed by atoms with Crippen LogP contribution in [0.1, 0.15) is 162 Å². The highest BCUT2D eigenvalue weighted by Gasteiger charge is 2.23. The van der Waals surface area contributed by atoms with Crippen molar-refractivity contribution in [2.75, 3.05) is 40.9 Å². The summed E-state index contributed by atoms with van der Waals surface area (Å²) in [6.45, 7) is 4.32. The fraction of sp³-hybridized carbons (Fsp3) is 0.569. The maximum absolute atomic E-state index is 12.7. The monoisotopic (exact) mass is 947 g/mol. The van der Waals surface area contributed by atoms with Crippen molar-refractivity contribution in [3.63, 3.8) is 0 Å². The van der Waals surface area contributed by atoms with Crippen molar-refractivity contribution >= 4 is 13.7 Å². The number of aliphatic hydroxyl groups is 1. The van der Waals surface area contributed by atoms with Gasteiger partial charge in [-0.25, -0.2) is 0 Å². The largest absolute Gasteiger partial charge is 0.756 e. The Bertz CT molecular complexity index is 1590. The summed E-state index contributed by atoms with van der Waals surface area (Å²) in [7, 11) is 1.22. The van der Waals surface area contributed by atoms with Gasteiger partial charge >= 0.3 is 0 Å². The molecular weight excluding hydrogens is 852 g/mol. The van der Waals surface area contributed by atoms with Crippen molar-refractivity contribution in [2.45, 2.75) is 174 Å². The van der Waals surface area contributed by atoms with Crippen LogP contribution >= 0.6 is 7.82 Å². The summed E-state index contributed by atoms with van der Waals surface area (Å²) in [5.74, 6) is -0.226. The number of carbonyl (C=O) groups excluding carboxylic acids is 1. The molecule has 0 bridgehead atoms. The van der Waals surface area contributed by atoms with Crippen LogP contribution in [0, 0.1) is 0 Å². The Kier molecular flexibility index (Phi) is 44.9. The summed E-state index contributed by atoms with van der Waals surface area (Å²) in [5.41, 5.74) is 0. The van der Waals surface area contributed by atoms with Gasteiger partial charge in [-0.2, -0.15) is 0 Å². The van der Waals surface area contributed by atoms with Crippen LogP contribution in [-0.2, 0) is 18.4 Å². The van der Waals surface area contributed by atoms with Crippen LogP contribution in [0.2, 0.25) is 0 Å². The van der Waals surface area contributed by atoms with Gasteiger partial charge in [-0.05, 0) is 96.3 Å². The number of amides is 1. The molecule has 0 heterocycles. The molecule has 0 aromatic heterocycles. The maximum atomic E-state index is 12.7. The van der Waals surface area contributed by atoms with Crippen LogP contribution < -0.4 is 10.2 Å². The third-order valence-electron chi connectivity index (χ3n) is 10.3. The van der Waals surface area contributed by atoms with Crippen LogP contribution in [0.5, 0.6) is 0 Å². The minimum atomic E-state index is -4.58. The van der Waals surface area contributed by atoms with Crippen molar-refractivity contribution in [3.05, 3.63) is 146 Å². The Morgan fingerprint density at radius 1 is 0.537 bits per heavy atom. The van der Waals surface area contributed by atoms with Gasteiger partial charge in [-0.15, -0.1) is 0 Å². The number of hydrogen-bond donors (Lipinski definition) is 2. The second kappa shape index (κ2) is 47.4. The minimum Gasteiger partial charge on any atom is -0.756 e. The Morgan fingerprint density at radius 2 is 0.910 bits per heavy atom. The standard InChI is InChI=1S/C58H95N2O6P/c1-6-8-10-12-13-14-15-16-17-18-19-20-21-22-23-24-25-26-27-28-29-30-31-32-33-34-35-36-37-38-39-40-41-42-43-44-45-46-47-48-50-52-58(62)59-56(57(61)51-49-11-9-7-2)55-66-67(63,64)65-54-53-60(3,4)5/h8,10,13-14,16-17,19-20,22-23,25-26,28-29,31-32,34-35,37-38,40-41,49,51,56-57,61H,6-7,9,11-12,15,18,21,24,27,30,33,36,39,42-48,50,52-55H2,1-5H3,(H-,59,62,63,64)/b10-8-,14-13-,17-16-,20-19-,23-22-,26-25-,29-28-,32-31-,35-34-,38-37-,41-40-,51-49+. The van der Waals surface area contributed by atoms with E-state index in [1.165, 1.54) is 19.3 Å². The summed E-state index contributed by atoms with van der Waals surface area (Å²) in [5, 5.41) is 13.5. The van der Waals surface area contributed by atoms with Crippen molar-refractivity contribution < 1.29 is 32.9 Å². The summed E-state index contributed by atoms with van der Waals surface area (Å²) in [4.78, 5) is 25.1. The van der Waals surface area contributed by atoms with Gasteiger partial charge in [-0.1, -0.05) is 205 Å². The number of rotatable bonds is 44. The molecule has 2 N–H and O–H groups in total. The zero-order valence-electron chi connectivity index (χ0n) is 42.8. The van der Waals surface area contributed by atoms with E-state index < -0.39 is 26.6 Å². The molecule has 378 valence electrons. The summed E-state index contributed by atoms with van der Waals surface area (Å²) in [6.07, 6.45) is 74.2. The molecule has 0 aliphatic carbocycles. The molecule has 0 aliphatic heterocycles. The van der Waals surface area contributed by atoms with E-state index in [9.17, 15) is 19.4 Å². The highest BCUT2D eigenvalue weighted by Crippen LogP contribution is 2.38. The van der Waals surface area contributed by atoms with E-state index in [2.05, 4.69) is 153 Å². The first-order valence-electron chi connectivity index (χ1n) is 25.7. The molecule has 0 saturated heterocycles. The Balaban J connectivity index is 3.95. The number of carbonyl (C=O) groups is 1. The van der Waals surface area contributed by atoms with Crippen LogP contribution in [-0.4, -0.2) is 68.5 Å². The van der Waals surface area contributed by atoms with Crippen LogP contribution in [0.4, 0.5) is 0 Å². The van der Waals surface area contributed by atoms with Crippen molar-refractivity contribution in [2.24, 2.45) is 0 Å². The topological polar surface area (TPSA) is 108 Å². The number of allylic oxidation sites excluding steroid dienone is 23. The second-order valence-electron chi connectivity index (χ2n) is 17.8. The Hall–Kier alpha value is -3.62. The third-order valence-corrected chi connectivity index (χ3v) is 11.3. The smallest absolute Gasteiger partial charge is 0.268 e. The molecule has 0 rings (SSSR count). The lowest BCUT2D eigenvalue weighted by molar-refractivity contribution is -0.870. The van der Waals surface area contributed by atoms with Crippen LogP contribution in [0.15, 0.2) is 146 Å². The lowest BCUT2D eigenvalue weighted by Gasteiger charge is -2.29.